The van der Waals surface area contributed by atoms with Crippen molar-refractivity contribution in [3.63, 3.8) is 0 Å². The van der Waals surface area contributed by atoms with Crippen LogP contribution >= 0.6 is 0 Å². The van der Waals surface area contributed by atoms with Gasteiger partial charge < -0.3 is 13.6 Å². The molecule has 6 heteroatoms. The van der Waals surface area contributed by atoms with E-state index in [1.54, 1.807) is 6.26 Å². The van der Waals surface area contributed by atoms with Gasteiger partial charge in [-0.3, -0.25) is 4.90 Å². The standard InChI is InChI=1S/C26H37NO4Si/c1-26(2,3)32(5,6)31-17-15-27(19-22-8-7-16-30-22)24-13-11-21-18-20(9-12-23(21)24)10-14-25(28)29-4/h7-10,12,14,16,18,24H,11,13,15,17,19H2,1-6H3/b14-10+. The number of rotatable bonds is 9. The fourth-order valence-corrected chi connectivity index (χ4v) is 4.95. The zero-order valence-electron chi connectivity index (χ0n) is 20.3. The molecule has 1 heterocycles. The van der Waals surface area contributed by atoms with E-state index < -0.39 is 8.32 Å². The molecule has 1 aliphatic carbocycles. The lowest BCUT2D eigenvalue weighted by molar-refractivity contribution is -0.134. The summed E-state index contributed by atoms with van der Waals surface area (Å²) in [6.07, 6.45) is 7.11. The van der Waals surface area contributed by atoms with Gasteiger partial charge in [-0.1, -0.05) is 39.0 Å². The summed E-state index contributed by atoms with van der Waals surface area (Å²) in [6.45, 7) is 13.8. The van der Waals surface area contributed by atoms with Crippen LogP contribution in [-0.4, -0.2) is 39.4 Å². The molecule has 32 heavy (non-hydrogen) atoms. The molecule has 1 atom stereocenters. The largest absolute Gasteiger partial charge is 0.468 e. The van der Waals surface area contributed by atoms with Crippen LogP contribution in [0.5, 0.6) is 0 Å². The minimum atomic E-state index is -1.79. The number of aryl methyl sites for hydroxylation is 1. The average Bonchev–Trinajstić information content (AvgIpc) is 3.39. The molecule has 0 saturated heterocycles. The number of esters is 1. The van der Waals surface area contributed by atoms with Gasteiger partial charge in [0.1, 0.15) is 5.76 Å². The van der Waals surface area contributed by atoms with E-state index in [4.69, 9.17) is 13.6 Å². The Hall–Kier alpha value is -2.15. The van der Waals surface area contributed by atoms with E-state index in [-0.39, 0.29) is 11.0 Å². The first-order valence-electron chi connectivity index (χ1n) is 11.4. The van der Waals surface area contributed by atoms with Crippen LogP contribution in [0.2, 0.25) is 18.1 Å². The zero-order chi connectivity index (χ0) is 23.4. The molecule has 1 aliphatic rings. The number of fused-ring (bicyclic) bond motifs is 1. The SMILES string of the molecule is COC(=O)/C=C/c1ccc2c(c1)CCC2N(CCO[Si](C)(C)C(C)(C)C)Cc1ccco1. The minimum absolute atomic E-state index is 0.201. The molecule has 0 amide bonds. The second kappa shape index (κ2) is 10.2. The van der Waals surface area contributed by atoms with Gasteiger partial charge in [-0.25, -0.2) is 4.79 Å². The quantitative estimate of drug-likeness (QED) is 0.265. The third-order valence-electron chi connectivity index (χ3n) is 6.85. The van der Waals surface area contributed by atoms with Gasteiger partial charge in [0.15, 0.2) is 8.32 Å². The molecule has 1 aromatic heterocycles. The van der Waals surface area contributed by atoms with Crippen molar-refractivity contribution in [3.05, 3.63) is 65.1 Å². The van der Waals surface area contributed by atoms with Crippen LogP contribution in [0.1, 0.15) is 55.7 Å². The van der Waals surface area contributed by atoms with E-state index in [2.05, 4.69) is 57.0 Å². The number of furan rings is 1. The van der Waals surface area contributed by atoms with Crippen molar-refractivity contribution in [3.8, 4) is 0 Å². The van der Waals surface area contributed by atoms with Crippen molar-refractivity contribution in [2.45, 2.75) is 64.3 Å². The lowest BCUT2D eigenvalue weighted by atomic mass is 10.0. The highest BCUT2D eigenvalue weighted by atomic mass is 28.4. The molecule has 0 aliphatic heterocycles. The monoisotopic (exact) mass is 455 g/mol. The first-order chi connectivity index (χ1) is 15.1. The first kappa shape index (κ1) is 24.5. The Bertz CT molecular complexity index is 928. The molecule has 0 fully saturated rings. The maximum atomic E-state index is 11.4. The number of benzene rings is 1. The molecule has 174 valence electrons. The Labute approximate surface area is 193 Å². The Kier molecular flexibility index (Phi) is 7.80. The number of nitrogens with zero attached hydrogens (tertiary/aromatic N) is 1. The van der Waals surface area contributed by atoms with Crippen molar-refractivity contribution in [2.24, 2.45) is 0 Å². The number of carbonyl (C=O) groups is 1. The van der Waals surface area contributed by atoms with Crippen molar-refractivity contribution in [1.29, 1.82) is 0 Å². The van der Waals surface area contributed by atoms with Gasteiger partial charge in [-0.15, -0.1) is 0 Å². The number of ether oxygens (including phenoxy) is 1. The van der Waals surface area contributed by atoms with Crippen molar-refractivity contribution < 1.29 is 18.4 Å². The normalized spacial score (nSPS) is 16.7. The topological polar surface area (TPSA) is 51.9 Å². The van der Waals surface area contributed by atoms with Crippen LogP contribution in [0.4, 0.5) is 0 Å². The van der Waals surface area contributed by atoms with Gasteiger partial charge in [0, 0.05) is 25.3 Å². The van der Waals surface area contributed by atoms with E-state index in [1.807, 2.05) is 18.2 Å². The molecule has 3 rings (SSSR count). The predicted octanol–water partition coefficient (Wildman–Crippen LogP) is 5.98. The lowest BCUT2D eigenvalue weighted by Crippen LogP contribution is -2.43. The molecule has 0 N–H and O–H groups in total. The van der Waals surface area contributed by atoms with Crippen molar-refractivity contribution in [2.75, 3.05) is 20.3 Å². The molecule has 2 aromatic rings. The molecule has 1 aromatic carbocycles. The molecule has 0 spiro atoms. The van der Waals surface area contributed by atoms with Gasteiger partial charge in [-0.05, 0) is 65.9 Å². The average molecular weight is 456 g/mol. The zero-order valence-corrected chi connectivity index (χ0v) is 21.3. The minimum Gasteiger partial charge on any atom is -0.468 e. The fourth-order valence-electron chi connectivity index (χ4n) is 3.91. The summed E-state index contributed by atoms with van der Waals surface area (Å²) < 4.78 is 16.9. The highest BCUT2D eigenvalue weighted by molar-refractivity contribution is 6.74. The van der Waals surface area contributed by atoms with E-state index in [0.717, 1.165) is 43.9 Å². The molecular weight excluding hydrogens is 418 g/mol. The molecule has 0 saturated carbocycles. The van der Waals surface area contributed by atoms with E-state index in [1.165, 1.54) is 24.3 Å². The fraction of sp³-hybridized carbons (Fsp3) is 0.500. The highest BCUT2D eigenvalue weighted by Crippen LogP contribution is 2.39. The van der Waals surface area contributed by atoms with E-state index in [9.17, 15) is 4.79 Å². The van der Waals surface area contributed by atoms with Crippen LogP contribution in [0.3, 0.4) is 0 Å². The Morgan fingerprint density at radius 3 is 2.72 bits per heavy atom. The number of hydrogen-bond acceptors (Lipinski definition) is 5. The molecular formula is C26H37NO4Si. The number of carbonyl (C=O) groups excluding carboxylic acids is 1. The van der Waals surface area contributed by atoms with Gasteiger partial charge in [0.2, 0.25) is 0 Å². The van der Waals surface area contributed by atoms with Gasteiger partial charge >= 0.3 is 5.97 Å². The summed E-state index contributed by atoms with van der Waals surface area (Å²) in [5.74, 6) is 0.637. The Morgan fingerprint density at radius 2 is 2.06 bits per heavy atom. The van der Waals surface area contributed by atoms with Gasteiger partial charge in [0.05, 0.1) is 19.9 Å². The van der Waals surface area contributed by atoms with Gasteiger partial charge in [0.25, 0.3) is 0 Å². The van der Waals surface area contributed by atoms with Crippen molar-refractivity contribution >= 4 is 20.4 Å². The molecule has 0 bridgehead atoms. The molecule has 5 nitrogen and oxygen atoms in total. The Balaban J connectivity index is 1.75. The van der Waals surface area contributed by atoms with Crippen molar-refractivity contribution in [1.82, 2.24) is 4.90 Å². The number of hydrogen-bond donors (Lipinski definition) is 0. The maximum absolute atomic E-state index is 11.4. The summed E-state index contributed by atoms with van der Waals surface area (Å²) in [5, 5.41) is 0.201. The smallest absolute Gasteiger partial charge is 0.330 e. The third-order valence-corrected chi connectivity index (χ3v) is 11.4. The van der Waals surface area contributed by atoms with E-state index in [0.29, 0.717) is 6.04 Å². The second-order valence-corrected chi connectivity index (χ2v) is 14.8. The molecule has 1 unspecified atom stereocenters. The summed E-state index contributed by atoms with van der Waals surface area (Å²) in [6, 6.07) is 10.8. The third kappa shape index (κ3) is 6.00. The summed E-state index contributed by atoms with van der Waals surface area (Å²) in [5.41, 5.74) is 3.73. The summed E-state index contributed by atoms with van der Waals surface area (Å²) in [4.78, 5) is 13.9. The van der Waals surface area contributed by atoms with Crippen LogP contribution in [0, 0.1) is 0 Å². The van der Waals surface area contributed by atoms with Crippen LogP contribution in [0.15, 0.2) is 47.1 Å². The van der Waals surface area contributed by atoms with Crippen LogP contribution in [0.25, 0.3) is 6.08 Å². The second-order valence-electron chi connectivity index (χ2n) is 10.0. The Morgan fingerprint density at radius 1 is 1.28 bits per heavy atom. The van der Waals surface area contributed by atoms with Gasteiger partial charge in [-0.2, -0.15) is 0 Å². The summed E-state index contributed by atoms with van der Waals surface area (Å²) in [7, 11) is -0.395. The van der Waals surface area contributed by atoms with Crippen LogP contribution in [-0.2, 0) is 26.9 Å². The highest BCUT2D eigenvalue weighted by Gasteiger charge is 2.37. The maximum Gasteiger partial charge on any atom is 0.330 e. The van der Waals surface area contributed by atoms with Crippen LogP contribution < -0.4 is 0 Å². The van der Waals surface area contributed by atoms with E-state index >= 15 is 0 Å². The molecule has 0 radical (unpaired) electrons. The first-order valence-corrected chi connectivity index (χ1v) is 14.3. The number of methoxy groups -OCH3 is 1. The predicted molar refractivity (Wildman–Crippen MR) is 131 cm³/mol. The lowest BCUT2D eigenvalue weighted by Gasteiger charge is -2.37. The summed E-state index contributed by atoms with van der Waals surface area (Å²) >= 11 is 0.